The van der Waals surface area contributed by atoms with Gasteiger partial charge in [-0.2, -0.15) is 0 Å². The summed E-state index contributed by atoms with van der Waals surface area (Å²) in [6.07, 6.45) is 4.94. The summed E-state index contributed by atoms with van der Waals surface area (Å²) in [6, 6.07) is -0.0983. The molecule has 1 saturated heterocycles. The average molecular weight is 282 g/mol. The quantitative estimate of drug-likeness (QED) is 0.833. The van der Waals surface area contributed by atoms with Crippen molar-refractivity contribution in [2.45, 2.75) is 39.5 Å². The van der Waals surface area contributed by atoms with Crippen LogP contribution < -0.4 is 5.32 Å². The molecule has 2 amide bonds. The Morgan fingerprint density at radius 2 is 2.00 bits per heavy atom. The summed E-state index contributed by atoms with van der Waals surface area (Å²) in [5.74, 6) is 0.157. The number of nitrogens with zero attached hydrogens (tertiary/aromatic N) is 1. The maximum absolute atomic E-state index is 12.1. The fraction of sp³-hybridized carbons (Fsp3) is 0.867. The minimum atomic E-state index is -0.797. The van der Waals surface area contributed by atoms with Crippen LogP contribution in [0.1, 0.15) is 39.5 Å². The maximum atomic E-state index is 12.1. The number of carbonyl (C=O) groups excluding carboxylic acids is 1. The number of carboxylic acid groups (broad SMARTS) is 1. The number of urea groups is 1. The molecule has 2 fully saturated rings. The third kappa shape index (κ3) is 3.64. The van der Waals surface area contributed by atoms with Crippen LogP contribution in [0.25, 0.3) is 0 Å². The summed E-state index contributed by atoms with van der Waals surface area (Å²) in [6.45, 7) is 5.78. The van der Waals surface area contributed by atoms with Crippen molar-refractivity contribution >= 4 is 12.0 Å². The van der Waals surface area contributed by atoms with Crippen LogP contribution in [0.3, 0.4) is 0 Å². The molecule has 0 spiro atoms. The Morgan fingerprint density at radius 3 is 2.60 bits per heavy atom. The number of aliphatic carboxylic acids is 1. The predicted octanol–water partition coefficient (Wildman–Crippen LogP) is 2.17. The van der Waals surface area contributed by atoms with Crippen molar-refractivity contribution < 1.29 is 14.7 Å². The monoisotopic (exact) mass is 282 g/mol. The topological polar surface area (TPSA) is 69.6 Å². The van der Waals surface area contributed by atoms with E-state index in [0.29, 0.717) is 19.0 Å². The average Bonchev–Trinajstić information content (AvgIpc) is 2.78. The largest absolute Gasteiger partial charge is 0.481 e. The molecule has 0 radical (unpaired) electrons. The Labute approximate surface area is 120 Å². The van der Waals surface area contributed by atoms with E-state index in [9.17, 15) is 9.59 Å². The highest BCUT2D eigenvalue weighted by Crippen LogP contribution is 2.28. The van der Waals surface area contributed by atoms with Crippen LogP contribution >= 0.6 is 0 Å². The zero-order chi connectivity index (χ0) is 14.7. The van der Waals surface area contributed by atoms with E-state index >= 15 is 0 Å². The summed E-state index contributed by atoms with van der Waals surface area (Å²) < 4.78 is 0. The lowest BCUT2D eigenvalue weighted by atomic mass is 9.82. The van der Waals surface area contributed by atoms with Gasteiger partial charge in [0.2, 0.25) is 0 Å². The van der Waals surface area contributed by atoms with E-state index in [1.54, 1.807) is 4.90 Å². The van der Waals surface area contributed by atoms with Crippen LogP contribution in [0, 0.1) is 23.7 Å². The van der Waals surface area contributed by atoms with Gasteiger partial charge in [-0.1, -0.05) is 26.7 Å². The van der Waals surface area contributed by atoms with Gasteiger partial charge in [0.25, 0.3) is 0 Å². The molecule has 0 aromatic heterocycles. The smallest absolute Gasteiger partial charge is 0.317 e. The summed E-state index contributed by atoms with van der Waals surface area (Å²) in [4.78, 5) is 24.8. The molecule has 0 aromatic carbocycles. The fourth-order valence-corrected chi connectivity index (χ4v) is 3.54. The first-order valence-electron chi connectivity index (χ1n) is 7.73. The third-order valence-corrected chi connectivity index (χ3v) is 4.80. The Morgan fingerprint density at radius 1 is 1.25 bits per heavy atom. The van der Waals surface area contributed by atoms with E-state index in [2.05, 4.69) is 12.2 Å². The summed E-state index contributed by atoms with van der Waals surface area (Å²) in [5, 5.41) is 12.1. The lowest BCUT2D eigenvalue weighted by Gasteiger charge is -2.27. The molecule has 2 rings (SSSR count). The fourth-order valence-electron chi connectivity index (χ4n) is 3.54. The van der Waals surface area contributed by atoms with Crippen LogP contribution in [0.2, 0.25) is 0 Å². The number of hydrogen-bond acceptors (Lipinski definition) is 2. The molecule has 1 saturated carbocycles. The molecule has 5 heteroatoms. The van der Waals surface area contributed by atoms with E-state index in [-0.39, 0.29) is 11.9 Å². The molecule has 0 bridgehead atoms. The van der Waals surface area contributed by atoms with E-state index in [1.165, 1.54) is 25.7 Å². The van der Waals surface area contributed by atoms with Crippen molar-refractivity contribution in [1.29, 1.82) is 0 Å². The number of amides is 2. The molecule has 0 aromatic rings. The SMILES string of the molecule is CC1CCCC(CNC(=O)N2C[C@@H](C)[C@H](C(=O)O)C2)C1. The van der Waals surface area contributed by atoms with Gasteiger partial charge >= 0.3 is 12.0 Å². The van der Waals surface area contributed by atoms with Crippen LogP contribution in [-0.2, 0) is 4.79 Å². The third-order valence-electron chi connectivity index (χ3n) is 4.80. The van der Waals surface area contributed by atoms with Gasteiger partial charge in [0.1, 0.15) is 0 Å². The zero-order valence-electron chi connectivity index (χ0n) is 12.5. The van der Waals surface area contributed by atoms with Crippen molar-refractivity contribution in [2.24, 2.45) is 23.7 Å². The van der Waals surface area contributed by atoms with Gasteiger partial charge in [0.15, 0.2) is 0 Å². The first-order chi connectivity index (χ1) is 9.47. The number of rotatable bonds is 3. The van der Waals surface area contributed by atoms with Crippen molar-refractivity contribution in [3.05, 3.63) is 0 Å². The van der Waals surface area contributed by atoms with Gasteiger partial charge in [-0.05, 0) is 30.6 Å². The number of carboxylic acids is 1. The molecule has 2 unspecified atom stereocenters. The van der Waals surface area contributed by atoms with Gasteiger partial charge in [0, 0.05) is 19.6 Å². The lowest BCUT2D eigenvalue weighted by molar-refractivity contribution is -0.142. The molecule has 5 nitrogen and oxygen atoms in total. The standard InChI is InChI=1S/C15H26N2O3/c1-10-4-3-5-12(6-10)7-16-15(20)17-8-11(2)13(9-17)14(18)19/h10-13H,3-9H2,1-2H3,(H,16,20)(H,18,19)/t10?,11-,12?,13-/m1/s1. The zero-order valence-corrected chi connectivity index (χ0v) is 12.5. The van der Waals surface area contributed by atoms with Crippen molar-refractivity contribution in [3.8, 4) is 0 Å². The summed E-state index contributed by atoms with van der Waals surface area (Å²) in [7, 11) is 0. The maximum Gasteiger partial charge on any atom is 0.317 e. The second-order valence-electron chi connectivity index (χ2n) is 6.65. The second-order valence-corrected chi connectivity index (χ2v) is 6.65. The Bertz CT molecular complexity index is 372. The Kier molecular flexibility index (Phi) is 4.89. The molecule has 20 heavy (non-hydrogen) atoms. The lowest BCUT2D eigenvalue weighted by Crippen LogP contribution is -2.41. The molecule has 1 aliphatic heterocycles. The molecule has 2 aliphatic rings. The van der Waals surface area contributed by atoms with Crippen LogP contribution in [-0.4, -0.2) is 41.6 Å². The molecular formula is C15H26N2O3. The van der Waals surface area contributed by atoms with E-state index in [0.717, 1.165) is 12.5 Å². The van der Waals surface area contributed by atoms with Gasteiger partial charge in [-0.15, -0.1) is 0 Å². The molecule has 1 aliphatic carbocycles. The minimum Gasteiger partial charge on any atom is -0.481 e. The van der Waals surface area contributed by atoms with Gasteiger partial charge < -0.3 is 15.3 Å². The Balaban J connectivity index is 1.76. The number of hydrogen-bond donors (Lipinski definition) is 2. The van der Waals surface area contributed by atoms with E-state index in [1.807, 2.05) is 6.92 Å². The molecule has 114 valence electrons. The van der Waals surface area contributed by atoms with Crippen LogP contribution in [0.15, 0.2) is 0 Å². The van der Waals surface area contributed by atoms with Crippen LogP contribution in [0.5, 0.6) is 0 Å². The van der Waals surface area contributed by atoms with Crippen molar-refractivity contribution in [2.75, 3.05) is 19.6 Å². The first kappa shape index (κ1) is 15.1. The van der Waals surface area contributed by atoms with Crippen molar-refractivity contribution in [3.63, 3.8) is 0 Å². The number of likely N-dealkylation sites (tertiary alicyclic amines) is 1. The minimum absolute atomic E-state index is 0.0351. The first-order valence-corrected chi connectivity index (χ1v) is 7.73. The highest BCUT2D eigenvalue weighted by molar-refractivity contribution is 5.77. The van der Waals surface area contributed by atoms with E-state index in [4.69, 9.17) is 5.11 Å². The predicted molar refractivity (Wildman–Crippen MR) is 76.4 cm³/mol. The van der Waals surface area contributed by atoms with Crippen molar-refractivity contribution in [1.82, 2.24) is 10.2 Å². The van der Waals surface area contributed by atoms with Gasteiger partial charge in [-0.3, -0.25) is 4.79 Å². The van der Waals surface area contributed by atoms with Crippen LogP contribution in [0.4, 0.5) is 4.79 Å². The highest BCUT2D eigenvalue weighted by atomic mass is 16.4. The number of carbonyl (C=O) groups is 2. The molecular weight excluding hydrogens is 256 g/mol. The summed E-state index contributed by atoms with van der Waals surface area (Å²) in [5.41, 5.74) is 0. The van der Waals surface area contributed by atoms with E-state index < -0.39 is 11.9 Å². The molecule has 1 heterocycles. The van der Waals surface area contributed by atoms with Gasteiger partial charge in [0.05, 0.1) is 5.92 Å². The molecule has 2 N–H and O–H groups in total. The molecule has 4 atom stereocenters. The van der Waals surface area contributed by atoms with Gasteiger partial charge in [-0.25, -0.2) is 4.79 Å². The Hall–Kier alpha value is -1.26. The number of nitrogens with one attached hydrogen (secondary N) is 1. The normalized spacial score (nSPS) is 34.0. The summed E-state index contributed by atoms with van der Waals surface area (Å²) >= 11 is 0. The highest BCUT2D eigenvalue weighted by Gasteiger charge is 2.37. The second kappa shape index (κ2) is 6.46.